The molecule has 0 amide bonds. The highest BCUT2D eigenvalue weighted by Gasteiger charge is 2.16. The molecular weight excluding hydrogens is 298 g/mol. The molecule has 0 unspecified atom stereocenters. The van der Waals surface area contributed by atoms with Gasteiger partial charge in [-0.2, -0.15) is 5.26 Å². The van der Waals surface area contributed by atoms with Crippen LogP contribution in [0, 0.1) is 11.3 Å². The maximum atomic E-state index is 9.46. The van der Waals surface area contributed by atoms with Gasteiger partial charge in [-0.05, 0) is 35.9 Å². The van der Waals surface area contributed by atoms with Crippen molar-refractivity contribution >= 4 is 11.6 Å². The van der Waals surface area contributed by atoms with E-state index in [9.17, 15) is 5.26 Å². The molecule has 0 atom stereocenters. The van der Waals surface area contributed by atoms with Crippen LogP contribution in [0.2, 0.25) is 5.02 Å². The Morgan fingerprint density at radius 2 is 2.00 bits per heavy atom. The van der Waals surface area contributed by atoms with Crippen LogP contribution in [0.5, 0.6) is 5.88 Å². The van der Waals surface area contributed by atoms with Crippen molar-refractivity contribution < 1.29 is 4.74 Å². The Hall–Kier alpha value is -2.77. The van der Waals surface area contributed by atoms with Crippen molar-refractivity contribution in [1.82, 2.24) is 9.97 Å². The SMILES string of the molecule is COc1nc(-c2ccc[nH]2)cc(-c2ccc(Cl)cc2)c1C#N. The first kappa shape index (κ1) is 14.2. The number of H-pyrrole nitrogens is 1. The minimum Gasteiger partial charge on any atom is -0.480 e. The molecule has 0 aliphatic heterocycles. The maximum absolute atomic E-state index is 9.46. The summed E-state index contributed by atoms with van der Waals surface area (Å²) in [5.41, 5.74) is 3.62. The summed E-state index contributed by atoms with van der Waals surface area (Å²) in [6.07, 6.45) is 1.82. The Morgan fingerprint density at radius 3 is 2.59 bits per heavy atom. The van der Waals surface area contributed by atoms with E-state index in [1.165, 1.54) is 7.11 Å². The molecule has 2 heterocycles. The molecule has 22 heavy (non-hydrogen) atoms. The van der Waals surface area contributed by atoms with Gasteiger partial charge in [-0.15, -0.1) is 0 Å². The highest BCUT2D eigenvalue weighted by Crippen LogP contribution is 2.33. The molecule has 3 rings (SSSR count). The van der Waals surface area contributed by atoms with Gasteiger partial charge >= 0.3 is 0 Å². The predicted octanol–water partition coefficient (Wildman–Crippen LogP) is 4.28. The minimum absolute atomic E-state index is 0.305. The van der Waals surface area contributed by atoms with E-state index >= 15 is 0 Å². The average Bonchev–Trinajstić information content (AvgIpc) is 3.08. The number of pyridine rings is 1. The van der Waals surface area contributed by atoms with E-state index in [2.05, 4.69) is 16.0 Å². The highest BCUT2D eigenvalue weighted by atomic mass is 35.5. The minimum atomic E-state index is 0.305. The van der Waals surface area contributed by atoms with Gasteiger partial charge in [0.25, 0.3) is 0 Å². The Balaban J connectivity index is 2.25. The summed E-state index contributed by atoms with van der Waals surface area (Å²) in [5, 5.41) is 10.1. The van der Waals surface area contributed by atoms with E-state index in [1.54, 1.807) is 12.1 Å². The second-order valence-corrected chi connectivity index (χ2v) is 5.08. The van der Waals surface area contributed by atoms with Crippen molar-refractivity contribution in [1.29, 1.82) is 5.26 Å². The zero-order valence-corrected chi connectivity index (χ0v) is 12.6. The zero-order valence-electron chi connectivity index (χ0n) is 11.8. The first-order valence-electron chi connectivity index (χ1n) is 6.61. The first-order valence-corrected chi connectivity index (χ1v) is 6.99. The summed E-state index contributed by atoms with van der Waals surface area (Å²) in [6.45, 7) is 0. The molecule has 3 aromatic rings. The monoisotopic (exact) mass is 309 g/mol. The predicted molar refractivity (Wildman–Crippen MR) is 85.7 cm³/mol. The van der Waals surface area contributed by atoms with Gasteiger partial charge in [-0.1, -0.05) is 23.7 Å². The summed E-state index contributed by atoms with van der Waals surface area (Å²) in [7, 11) is 1.51. The highest BCUT2D eigenvalue weighted by molar-refractivity contribution is 6.30. The van der Waals surface area contributed by atoms with Crippen molar-refractivity contribution in [2.45, 2.75) is 0 Å². The largest absolute Gasteiger partial charge is 0.480 e. The number of nitrogens with one attached hydrogen (secondary N) is 1. The van der Waals surface area contributed by atoms with Crippen LogP contribution >= 0.6 is 11.6 Å². The van der Waals surface area contributed by atoms with Crippen molar-refractivity contribution in [3.05, 3.63) is 59.2 Å². The maximum Gasteiger partial charge on any atom is 0.232 e. The summed E-state index contributed by atoms with van der Waals surface area (Å²) < 4.78 is 5.29. The fourth-order valence-electron chi connectivity index (χ4n) is 2.26. The Labute approximate surface area is 133 Å². The smallest absolute Gasteiger partial charge is 0.232 e. The van der Waals surface area contributed by atoms with E-state index in [4.69, 9.17) is 16.3 Å². The number of benzene rings is 1. The van der Waals surface area contributed by atoms with Crippen LogP contribution in [0.25, 0.3) is 22.5 Å². The van der Waals surface area contributed by atoms with E-state index in [0.717, 1.165) is 16.8 Å². The Kier molecular flexibility index (Phi) is 3.82. The number of rotatable bonds is 3. The van der Waals surface area contributed by atoms with Crippen LogP contribution in [0.3, 0.4) is 0 Å². The Bertz CT molecular complexity index is 834. The normalized spacial score (nSPS) is 10.2. The van der Waals surface area contributed by atoms with Gasteiger partial charge in [0, 0.05) is 16.8 Å². The van der Waals surface area contributed by atoms with Crippen molar-refractivity contribution in [3.8, 4) is 34.5 Å². The first-order chi connectivity index (χ1) is 10.7. The number of hydrogen-bond donors (Lipinski definition) is 1. The standard InChI is InChI=1S/C17H12ClN3O/c1-22-17-14(10-19)13(11-4-6-12(18)7-5-11)9-16(21-17)15-3-2-8-20-15/h2-9,20H,1H3. The number of aromatic amines is 1. The van der Waals surface area contributed by atoms with Crippen LogP contribution < -0.4 is 4.74 Å². The lowest BCUT2D eigenvalue weighted by molar-refractivity contribution is 0.397. The average molecular weight is 310 g/mol. The van der Waals surface area contributed by atoms with Gasteiger partial charge in [0.05, 0.1) is 18.5 Å². The molecule has 1 aromatic carbocycles. The molecule has 0 saturated heterocycles. The molecule has 0 spiro atoms. The third-order valence-electron chi connectivity index (χ3n) is 3.32. The topological polar surface area (TPSA) is 61.7 Å². The fraction of sp³-hybridized carbons (Fsp3) is 0.0588. The van der Waals surface area contributed by atoms with Crippen molar-refractivity contribution in [2.24, 2.45) is 0 Å². The molecule has 0 fully saturated rings. The molecule has 5 heteroatoms. The lowest BCUT2D eigenvalue weighted by Crippen LogP contribution is -1.97. The fourth-order valence-corrected chi connectivity index (χ4v) is 2.39. The lowest BCUT2D eigenvalue weighted by Gasteiger charge is -2.11. The van der Waals surface area contributed by atoms with E-state index in [-0.39, 0.29) is 0 Å². The number of hydrogen-bond acceptors (Lipinski definition) is 3. The molecule has 0 aliphatic rings. The molecule has 1 N–H and O–H groups in total. The third-order valence-corrected chi connectivity index (χ3v) is 3.57. The summed E-state index contributed by atoms with van der Waals surface area (Å²) in [5.74, 6) is 0.305. The van der Waals surface area contributed by atoms with Gasteiger partial charge < -0.3 is 9.72 Å². The molecular formula is C17H12ClN3O. The second-order valence-electron chi connectivity index (χ2n) is 4.64. The molecule has 0 aliphatic carbocycles. The third kappa shape index (κ3) is 2.54. The van der Waals surface area contributed by atoms with Crippen LogP contribution in [-0.2, 0) is 0 Å². The molecule has 4 nitrogen and oxygen atoms in total. The van der Waals surface area contributed by atoms with Crippen molar-refractivity contribution in [3.63, 3.8) is 0 Å². The lowest BCUT2D eigenvalue weighted by atomic mass is 10.00. The van der Waals surface area contributed by atoms with Crippen LogP contribution in [0.1, 0.15) is 5.56 Å². The number of methoxy groups -OCH3 is 1. The van der Waals surface area contributed by atoms with E-state index in [1.807, 2.05) is 36.5 Å². The number of halogens is 1. The van der Waals surface area contributed by atoms with Crippen LogP contribution in [0.15, 0.2) is 48.7 Å². The van der Waals surface area contributed by atoms with Gasteiger partial charge in [-0.3, -0.25) is 0 Å². The van der Waals surface area contributed by atoms with E-state index in [0.29, 0.717) is 22.2 Å². The number of nitriles is 1. The molecule has 108 valence electrons. The second kappa shape index (κ2) is 5.92. The number of nitrogens with zero attached hydrogens (tertiary/aromatic N) is 2. The molecule has 0 radical (unpaired) electrons. The molecule has 0 bridgehead atoms. The van der Waals surface area contributed by atoms with Crippen LogP contribution in [-0.4, -0.2) is 17.1 Å². The molecule has 2 aromatic heterocycles. The summed E-state index contributed by atoms with van der Waals surface area (Å²) >= 11 is 5.94. The Morgan fingerprint density at radius 1 is 1.23 bits per heavy atom. The van der Waals surface area contributed by atoms with Crippen LogP contribution in [0.4, 0.5) is 0 Å². The summed E-state index contributed by atoms with van der Waals surface area (Å²) in [4.78, 5) is 7.51. The van der Waals surface area contributed by atoms with Crippen molar-refractivity contribution in [2.75, 3.05) is 7.11 Å². The zero-order chi connectivity index (χ0) is 15.5. The quantitative estimate of drug-likeness (QED) is 0.785. The van der Waals surface area contributed by atoms with E-state index < -0.39 is 0 Å². The molecule has 0 saturated carbocycles. The summed E-state index contributed by atoms with van der Waals surface area (Å²) in [6, 6.07) is 15.2. The van der Waals surface area contributed by atoms with Gasteiger partial charge in [-0.25, -0.2) is 4.98 Å². The number of aromatic nitrogens is 2. The van der Waals surface area contributed by atoms with Gasteiger partial charge in [0.15, 0.2) is 0 Å². The van der Waals surface area contributed by atoms with Gasteiger partial charge in [0.1, 0.15) is 11.6 Å². The number of ether oxygens (including phenoxy) is 1. The van der Waals surface area contributed by atoms with Gasteiger partial charge in [0.2, 0.25) is 5.88 Å².